The molecule has 1 aromatic carbocycles. The van der Waals surface area contributed by atoms with Crippen LogP contribution in [0.2, 0.25) is 0 Å². The molecule has 1 heterocycles. The summed E-state index contributed by atoms with van der Waals surface area (Å²) in [5.41, 5.74) is 7.86. The molecule has 0 atom stereocenters. The van der Waals surface area contributed by atoms with Crippen molar-refractivity contribution in [2.45, 2.75) is 0 Å². The van der Waals surface area contributed by atoms with E-state index in [4.69, 9.17) is 5.73 Å². The van der Waals surface area contributed by atoms with Crippen LogP contribution in [0, 0.1) is 0 Å². The van der Waals surface area contributed by atoms with Gasteiger partial charge in [-0.2, -0.15) is 0 Å². The number of rotatable bonds is 2. The van der Waals surface area contributed by atoms with Gasteiger partial charge in [0, 0.05) is 30.7 Å². The molecule has 0 saturated heterocycles. The Morgan fingerprint density at radius 1 is 1.36 bits per heavy atom. The van der Waals surface area contributed by atoms with Gasteiger partial charge in [0.05, 0.1) is 0 Å². The van der Waals surface area contributed by atoms with Crippen LogP contribution in [0.4, 0.5) is 0 Å². The Bertz CT molecular complexity index is 466. The Labute approximate surface area is 83.6 Å². The van der Waals surface area contributed by atoms with E-state index in [-0.39, 0.29) is 0 Å². The Morgan fingerprint density at radius 3 is 3.00 bits per heavy atom. The molecule has 0 radical (unpaired) electrons. The molecular weight excluding hydrogens is 172 g/mol. The molecule has 2 heteroatoms. The highest BCUT2D eigenvalue weighted by Gasteiger charge is 1.96. The standard InChI is InChI=1S/C12H14N2/c1-14-8-6-11-9-10(3-2-7-13)4-5-12(11)14/h2-6,8-9H,7,13H2,1H3/b3-2+. The molecule has 2 nitrogen and oxygen atoms in total. The molecule has 72 valence electrons. The minimum Gasteiger partial charge on any atom is -0.351 e. The van der Waals surface area contributed by atoms with Gasteiger partial charge in [-0.15, -0.1) is 0 Å². The smallest absolute Gasteiger partial charge is 0.0478 e. The minimum absolute atomic E-state index is 0.590. The molecule has 0 saturated carbocycles. The zero-order chi connectivity index (χ0) is 9.97. The number of hydrogen-bond acceptors (Lipinski definition) is 1. The number of fused-ring (bicyclic) bond motifs is 1. The lowest BCUT2D eigenvalue weighted by molar-refractivity contribution is 0.969. The van der Waals surface area contributed by atoms with Crippen molar-refractivity contribution < 1.29 is 0 Å². The van der Waals surface area contributed by atoms with Crippen LogP contribution in [0.5, 0.6) is 0 Å². The van der Waals surface area contributed by atoms with Gasteiger partial charge in [0.1, 0.15) is 0 Å². The molecule has 2 N–H and O–H groups in total. The van der Waals surface area contributed by atoms with E-state index >= 15 is 0 Å². The molecule has 0 fully saturated rings. The lowest BCUT2D eigenvalue weighted by Gasteiger charge is -1.97. The molecule has 0 bridgehead atoms. The van der Waals surface area contributed by atoms with E-state index in [0.29, 0.717) is 6.54 Å². The summed E-state index contributed by atoms with van der Waals surface area (Å²) in [6, 6.07) is 8.52. The van der Waals surface area contributed by atoms with Gasteiger partial charge in [-0.3, -0.25) is 0 Å². The Balaban J connectivity index is 2.47. The van der Waals surface area contributed by atoms with E-state index in [1.807, 2.05) is 12.2 Å². The van der Waals surface area contributed by atoms with E-state index in [2.05, 4.69) is 42.1 Å². The molecule has 0 spiro atoms. The fraction of sp³-hybridized carbons (Fsp3) is 0.167. The van der Waals surface area contributed by atoms with Crippen LogP contribution < -0.4 is 5.73 Å². The molecule has 0 unspecified atom stereocenters. The van der Waals surface area contributed by atoms with Crippen molar-refractivity contribution in [2.24, 2.45) is 12.8 Å². The molecule has 2 rings (SSSR count). The Hall–Kier alpha value is -1.54. The van der Waals surface area contributed by atoms with Crippen molar-refractivity contribution in [3.63, 3.8) is 0 Å². The number of nitrogens with zero attached hydrogens (tertiary/aromatic N) is 1. The van der Waals surface area contributed by atoms with E-state index in [1.165, 1.54) is 16.5 Å². The normalized spacial score (nSPS) is 11.6. The van der Waals surface area contributed by atoms with Gasteiger partial charge in [-0.05, 0) is 23.8 Å². The van der Waals surface area contributed by atoms with E-state index < -0.39 is 0 Å². The first-order chi connectivity index (χ1) is 6.81. The number of benzene rings is 1. The van der Waals surface area contributed by atoms with Gasteiger partial charge >= 0.3 is 0 Å². The average Bonchev–Trinajstić information content (AvgIpc) is 2.57. The van der Waals surface area contributed by atoms with E-state index in [9.17, 15) is 0 Å². The third kappa shape index (κ3) is 1.56. The summed E-state index contributed by atoms with van der Waals surface area (Å²) in [5, 5.41) is 1.27. The van der Waals surface area contributed by atoms with Crippen molar-refractivity contribution in [1.29, 1.82) is 0 Å². The second-order valence-electron chi connectivity index (χ2n) is 3.38. The van der Waals surface area contributed by atoms with Gasteiger partial charge in [0.2, 0.25) is 0 Å². The minimum atomic E-state index is 0.590. The van der Waals surface area contributed by atoms with Crippen molar-refractivity contribution in [3.05, 3.63) is 42.1 Å². The maximum absolute atomic E-state index is 5.40. The number of hydrogen-bond donors (Lipinski definition) is 1. The summed E-state index contributed by atoms with van der Waals surface area (Å²) in [6.45, 7) is 0.590. The fourth-order valence-corrected chi connectivity index (χ4v) is 1.61. The Kier molecular flexibility index (Phi) is 2.37. The molecular formula is C12H14N2. The average molecular weight is 186 g/mol. The van der Waals surface area contributed by atoms with Crippen LogP contribution in [-0.2, 0) is 7.05 Å². The summed E-state index contributed by atoms with van der Waals surface area (Å²) in [4.78, 5) is 0. The van der Waals surface area contributed by atoms with Crippen molar-refractivity contribution in [1.82, 2.24) is 4.57 Å². The lowest BCUT2D eigenvalue weighted by atomic mass is 10.1. The molecule has 2 aromatic rings. The van der Waals surface area contributed by atoms with Crippen LogP contribution in [0.15, 0.2) is 36.5 Å². The van der Waals surface area contributed by atoms with Crippen LogP contribution in [0.3, 0.4) is 0 Å². The first-order valence-corrected chi connectivity index (χ1v) is 4.73. The fourth-order valence-electron chi connectivity index (χ4n) is 1.61. The molecule has 0 aliphatic heterocycles. The van der Waals surface area contributed by atoms with Gasteiger partial charge in [0.25, 0.3) is 0 Å². The topological polar surface area (TPSA) is 30.9 Å². The van der Waals surface area contributed by atoms with Gasteiger partial charge in [-0.25, -0.2) is 0 Å². The maximum Gasteiger partial charge on any atom is 0.0478 e. The van der Waals surface area contributed by atoms with Gasteiger partial charge in [0.15, 0.2) is 0 Å². The second-order valence-corrected chi connectivity index (χ2v) is 3.38. The van der Waals surface area contributed by atoms with Crippen molar-refractivity contribution in [2.75, 3.05) is 6.54 Å². The summed E-state index contributed by atoms with van der Waals surface area (Å²) in [6.07, 6.45) is 6.08. The summed E-state index contributed by atoms with van der Waals surface area (Å²) in [5.74, 6) is 0. The van der Waals surface area contributed by atoms with E-state index in [0.717, 1.165) is 0 Å². The predicted octanol–water partition coefficient (Wildman–Crippen LogP) is 2.15. The highest BCUT2D eigenvalue weighted by molar-refractivity contribution is 5.82. The molecule has 0 aliphatic carbocycles. The SMILES string of the molecule is Cn1ccc2cc(/C=C/CN)ccc21. The monoisotopic (exact) mass is 186 g/mol. The quantitative estimate of drug-likeness (QED) is 0.765. The van der Waals surface area contributed by atoms with Crippen LogP contribution >= 0.6 is 0 Å². The van der Waals surface area contributed by atoms with Crippen LogP contribution in [0.25, 0.3) is 17.0 Å². The second kappa shape index (κ2) is 3.68. The number of nitrogens with two attached hydrogens (primary N) is 1. The summed E-state index contributed by atoms with van der Waals surface area (Å²) in [7, 11) is 2.05. The molecule has 0 aliphatic rings. The zero-order valence-electron chi connectivity index (χ0n) is 8.27. The number of aromatic nitrogens is 1. The largest absolute Gasteiger partial charge is 0.351 e. The lowest BCUT2D eigenvalue weighted by Crippen LogP contribution is -1.91. The number of aryl methyl sites for hydroxylation is 1. The summed E-state index contributed by atoms with van der Waals surface area (Å²) >= 11 is 0. The third-order valence-corrected chi connectivity index (χ3v) is 2.36. The maximum atomic E-state index is 5.40. The van der Waals surface area contributed by atoms with Crippen LogP contribution in [0.1, 0.15) is 5.56 Å². The third-order valence-electron chi connectivity index (χ3n) is 2.36. The summed E-state index contributed by atoms with van der Waals surface area (Å²) < 4.78 is 2.12. The zero-order valence-corrected chi connectivity index (χ0v) is 8.27. The van der Waals surface area contributed by atoms with E-state index in [1.54, 1.807) is 0 Å². The Morgan fingerprint density at radius 2 is 2.21 bits per heavy atom. The molecule has 1 aromatic heterocycles. The highest BCUT2D eigenvalue weighted by Crippen LogP contribution is 2.17. The van der Waals surface area contributed by atoms with Crippen LogP contribution in [-0.4, -0.2) is 11.1 Å². The molecule has 14 heavy (non-hydrogen) atoms. The molecule has 0 amide bonds. The van der Waals surface area contributed by atoms with Crippen molar-refractivity contribution in [3.8, 4) is 0 Å². The first kappa shape index (κ1) is 9.03. The first-order valence-electron chi connectivity index (χ1n) is 4.73. The highest BCUT2D eigenvalue weighted by atomic mass is 14.9. The predicted molar refractivity (Wildman–Crippen MR) is 61.0 cm³/mol. The van der Waals surface area contributed by atoms with Gasteiger partial charge in [-0.1, -0.05) is 18.2 Å². The van der Waals surface area contributed by atoms with Gasteiger partial charge < -0.3 is 10.3 Å². The van der Waals surface area contributed by atoms with Crippen molar-refractivity contribution >= 4 is 17.0 Å².